The van der Waals surface area contributed by atoms with Crippen molar-refractivity contribution in [1.29, 1.82) is 0 Å². The van der Waals surface area contributed by atoms with Gasteiger partial charge >= 0.3 is 0 Å². The van der Waals surface area contributed by atoms with E-state index in [0.29, 0.717) is 11.8 Å². The molecule has 2 N–H and O–H groups in total. The first-order valence-electron chi connectivity index (χ1n) is 12.1. The molecular weight excluding hydrogens is 346 g/mol. The van der Waals surface area contributed by atoms with E-state index in [1.54, 1.807) is 5.57 Å². The van der Waals surface area contributed by atoms with Gasteiger partial charge in [-0.05, 0) is 82.8 Å². The summed E-state index contributed by atoms with van der Waals surface area (Å²) in [5.74, 6) is 1.35. The first-order valence-corrected chi connectivity index (χ1v) is 12.1. The highest BCUT2D eigenvalue weighted by Gasteiger charge is 2.43. The van der Waals surface area contributed by atoms with Crippen LogP contribution in [0.15, 0.2) is 23.8 Å². The van der Waals surface area contributed by atoms with Crippen LogP contribution in [0.5, 0.6) is 0 Å². The fourth-order valence-corrected chi connectivity index (χ4v) is 5.62. The van der Waals surface area contributed by atoms with Crippen molar-refractivity contribution < 1.29 is 10.2 Å². The lowest BCUT2D eigenvalue weighted by Gasteiger charge is -2.19. The summed E-state index contributed by atoms with van der Waals surface area (Å²) in [6.07, 6.45) is 20.4. The third kappa shape index (κ3) is 6.43. The minimum Gasteiger partial charge on any atom is -0.392 e. The predicted octanol–water partition coefficient (Wildman–Crippen LogP) is 5.08. The fourth-order valence-electron chi connectivity index (χ4n) is 5.62. The van der Waals surface area contributed by atoms with Crippen LogP contribution in [0.4, 0.5) is 0 Å². The van der Waals surface area contributed by atoms with E-state index in [4.69, 9.17) is 0 Å². The van der Waals surface area contributed by atoms with Crippen LogP contribution in [0.1, 0.15) is 84.0 Å². The largest absolute Gasteiger partial charge is 0.392 e. The van der Waals surface area contributed by atoms with E-state index in [1.165, 1.54) is 71.0 Å². The van der Waals surface area contributed by atoms with E-state index in [9.17, 15) is 10.2 Å². The zero-order chi connectivity index (χ0) is 19.8. The van der Waals surface area contributed by atoms with Crippen LogP contribution in [0.25, 0.3) is 0 Å². The van der Waals surface area contributed by atoms with Crippen LogP contribution in [-0.2, 0) is 0 Å². The predicted molar refractivity (Wildman–Crippen MR) is 117 cm³/mol. The zero-order valence-electron chi connectivity index (χ0n) is 18.1. The van der Waals surface area contributed by atoms with E-state index in [-0.39, 0.29) is 18.1 Å². The summed E-state index contributed by atoms with van der Waals surface area (Å²) in [4.78, 5) is 2.62. The van der Waals surface area contributed by atoms with Crippen molar-refractivity contribution in [3.8, 4) is 0 Å². The number of rotatable bonds is 12. The molecule has 3 heteroatoms. The number of likely N-dealkylation sites (tertiary alicyclic amines) is 1. The Kier molecular flexibility index (Phi) is 9.07. The number of allylic oxidation sites excluding steroid dienone is 2. The average Bonchev–Trinajstić information content (AvgIpc) is 3.37. The van der Waals surface area contributed by atoms with E-state index >= 15 is 0 Å². The van der Waals surface area contributed by atoms with Gasteiger partial charge in [0, 0.05) is 5.92 Å². The lowest BCUT2D eigenvalue weighted by atomic mass is 9.88. The molecule has 0 aromatic rings. The maximum Gasteiger partial charge on any atom is 0.0721 e. The van der Waals surface area contributed by atoms with E-state index in [2.05, 4.69) is 24.0 Å². The number of unbranched alkanes of at least 4 members (excludes halogenated alkanes) is 4. The number of nitrogens with zero attached hydrogens (tertiary/aromatic N) is 1. The van der Waals surface area contributed by atoms with Crippen molar-refractivity contribution in [3.05, 3.63) is 23.8 Å². The molecule has 3 nitrogen and oxygen atoms in total. The Balaban J connectivity index is 1.36. The van der Waals surface area contributed by atoms with Gasteiger partial charge in [-0.3, -0.25) is 0 Å². The molecule has 0 bridgehead atoms. The summed E-state index contributed by atoms with van der Waals surface area (Å²) in [7, 11) is 0. The molecule has 1 saturated carbocycles. The van der Waals surface area contributed by atoms with Crippen molar-refractivity contribution in [2.75, 3.05) is 19.6 Å². The second kappa shape index (κ2) is 11.5. The molecule has 0 unspecified atom stereocenters. The standard InChI is InChI=1S/C25H43NO2/c1-2-3-5-11-22(27)12-13-23-24-18-20(17-21(24)19-25(23)28)10-6-4-7-14-26-15-8-9-16-26/h12-13,17,21-25,27-28H,2-11,14-16,18-19H2,1H3/t21-,22+,23+,24-,25+/m0/s1. The molecule has 3 aliphatic rings. The van der Waals surface area contributed by atoms with Crippen molar-refractivity contribution in [2.45, 2.75) is 96.2 Å². The van der Waals surface area contributed by atoms with Gasteiger partial charge in [0.2, 0.25) is 0 Å². The Morgan fingerprint density at radius 2 is 1.96 bits per heavy atom. The van der Waals surface area contributed by atoms with E-state index in [1.807, 2.05) is 6.08 Å². The molecular formula is C25H43NO2. The average molecular weight is 390 g/mol. The van der Waals surface area contributed by atoms with Crippen LogP contribution in [0.2, 0.25) is 0 Å². The SMILES string of the molecule is CCCCC[C@@H](O)C=C[C@@H]1[C@H]2CC(CCCCCN3CCCC3)=C[C@H]2C[C@H]1O. The molecule has 0 aromatic carbocycles. The number of aliphatic hydroxyl groups is 2. The molecule has 3 rings (SSSR count). The Bertz CT molecular complexity index is 509. The number of aliphatic hydroxyl groups excluding tert-OH is 2. The molecule has 0 radical (unpaired) electrons. The Morgan fingerprint density at radius 1 is 1.14 bits per heavy atom. The Labute approximate surface area is 172 Å². The van der Waals surface area contributed by atoms with Gasteiger partial charge in [0.1, 0.15) is 0 Å². The smallest absolute Gasteiger partial charge is 0.0721 e. The van der Waals surface area contributed by atoms with E-state index < -0.39 is 0 Å². The molecule has 1 saturated heterocycles. The summed E-state index contributed by atoms with van der Waals surface area (Å²) in [5.41, 5.74) is 1.63. The zero-order valence-corrected chi connectivity index (χ0v) is 18.1. The highest BCUT2D eigenvalue weighted by molar-refractivity contribution is 5.21. The molecule has 0 aromatic heterocycles. The molecule has 1 heterocycles. The first kappa shape index (κ1) is 22.1. The summed E-state index contributed by atoms with van der Waals surface area (Å²) in [5, 5.41) is 20.7. The highest BCUT2D eigenvalue weighted by atomic mass is 16.3. The molecule has 28 heavy (non-hydrogen) atoms. The monoisotopic (exact) mass is 389 g/mol. The molecule has 5 atom stereocenters. The number of hydrogen-bond donors (Lipinski definition) is 2. The Hall–Kier alpha value is -0.640. The van der Waals surface area contributed by atoms with Crippen molar-refractivity contribution >= 4 is 0 Å². The summed E-state index contributed by atoms with van der Waals surface area (Å²) >= 11 is 0. The van der Waals surface area contributed by atoms with Crippen molar-refractivity contribution in [2.24, 2.45) is 17.8 Å². The van der Waals surface area contributed by atoms with Gasteiger partial charge < -0.3 is 15.1 Å². The first-order chi connectivity index (χ1) is 13.7. The molecule has 160 valence electrons. The maximum absolute atomic E-state index is 10.5. The van der Waals surface area contributed by atoms with Gasteiger partial charge in [-0.15, -0.1) is 0 Å². The molecule has 2 fully saturated rings. The molecule has 1 aliphatic heterocycles. The van der Waals surface area contributed by atoms with Crippen molar-refractivity contribution in [3.63, 3.8) is 0 Å². The molecule has 0 amide bonds. The second-order valence-electron chi connectivity index (χ2n) is 9.54. The minimum atomic E-state index is -0.345. The van der Waals surface area contributed by atoms with E-state index in [0.717, 1.165) is 25.7 Å². The summed E-state index contributed by atoms with van der Waals surface area (Å²) in [6, 6.07) is 0. The molecule has 0 spiro atoms. The van der Waals surface area contributed by atoms with Crippen LogP contribution < -0.4 is 0 Å². The van der Waals surface area contributed by atoms with Gasteiger partial charge in [-0.25, -0.2) is 0 Å². The summed E-state index contributed by atoms with van der Waals surface area (Å²) in [6.45, 7) is 6.12. The van der Waals surface area contributed by atoms with Gasteiger partial charge in [-0.2, -0.15) is 0 Å². The highest BCUT2D eigenvalue weighted by Crippen LogP contribution is 2.48. The lowest BCUT2D eigenvalue weighted by molar-refractivity contribution is 0.139. The van der Waals surface area contributed by atoms with Crippen LogP contribution in [-0.4, -0.2) is 47.0 Å². The van der Waals surface area contributed by atoms with Crippen molar-refractivity contribution in [1.82, 2.24) is 4.90 Å². The van der Waals surface area contributed by atoms with Crippen LogP contribution in [0, 0.1) is 17.8 Å². The van der Waals surface area contributed by atoms with Gasteiger partial charge in [0.15, 0.2) is 0 Å². The van der Waals surface area contributed by atoms with Crippen LogP contribution >= 0.6 is 0 Å². The normalized spacial score (nSPS) is 31.6. The third-order valence-electron chi connectivity index (χ3n) is 7.28. The van der Waals surface area contributed by atoms with Gasteiger partial charge in [0.25, 0.3) is 0 Å². The Morgan fingerprint density at radius 3 is 2.75 bits per heavy atom. The van der Waals surface area contributed by atoms with Crippen LogP contribution in [0.3, 0.4) is 0 Å². The minimum absolute atomic E-state index is 0.229. The number of fused-ring (bicyclic) bond motifs is 1. The second-order valence-corrected chi connectivity index (χ2v) is 9.54. The quantitative estimate of drug-likeness (QED) is 0.361. The summed E-state index contributed by atoms with van der Waals surface area (Å²) < 4.78 is 0. The third-order valence-corrected chi connectivity index (χ3v) is 7.28. The maximum atomic E-state index is 10.5. The lowest BCUT2D eigenvalue weighted by Crippen LogP contribution is -2.20. The fraction of sp³-hybridized carbons (Fsp3) is 0.840. The molecule has 2 aliphatic carbocycles. The number of hydrogen-bond acceptors (Lipinski definition) is 3. The van der Waals surface area contributed by atoms with Gasteiger partial charge in [0.05, 0.1) is 12.2 Å². The topological polar surface area (TPSA) is 43.7 Å². The van der Waals surface area contributed by atoms with Gasteiger partial charge in [-0.1, -0.05) is 56.4 Å².